The Balaban J connectivity index is 2.89. The Morgan fingerprint density at radius 3 is 2.40 bits per heavy atom. The van der Waals surface area contributed by atoms with Crippen molar-refractivity contribution in [3.8, 4) is 0 Å². The maximum atomic E-state index is 5.09. The van der Waals surface area contributed by atoms with Gasteiger partial charge in [-0.25, -0.2) is 0 Å². The molecule has 0 bridgehead atoms. The second-order valence-corrected chi connectivity index (χ2v) is 2.53. The first kappa shape index (κ1) is 9.92. The molecule has 0 rings (SSSR count). The molecule has 0 aromatic carbocycles. The largest absolute Gasteiger partial charge is 0.385 e. The fourth-order valence-corrected chi connectivity index (χ4v) is 0.796. The molecule has 2 nitrogen and oxygen atoms in total. The van der Waals surface area contributed by atoms with Gasteiger partial charge in [0.05, 0.1) is 6.10 Å². The van der Waals surface area contributed by atoms with Gasteiger partial charge < -0.3 is 9.47 Å². The third kappa shape index (κ3) is 6.05. The zero-order valence-electron chi connectivity index (χ0n) is 7.22. The summed E-state index contributed by atoms with van der Waals surface area (Å²) in [5.41, 5.74) is 0. The zero-order valence-corrected chi connectivity index (χ0v) is 7.22. The summed E-state index contributed by atoms with van der Waals surface area (Å²) in [5.74, 6) is 0. The van der Waals surface area contributed by atoms with Crippen LogP contribution in [0.5, 0.6) is 0 Å². The normalized spacial score (nSPS) is 13.5. The third-order valence-electron chi connectivity index (χ3n) is 1.61. The molecule has 0 heterocycles. The van der Waals surface area contributed by atoms with Crippen molar-refractivity contribution < 1.29 is 9.47 Å². The van der Waals surface area contributed by atoms with Gasteiger partial charge in [-0.15, -0.1) is 0 Å². The summed E-state index contributed by atoms with van der Waals surface area (Å²) < 4.78 is 10.0. The lowest BCUT2D eigenvalue weighted by Gasteiger charge is -2.07. The average Bonchev–Trinajstić information content (AvgIpc) is 1.98. The van der Waals surface area contributed by atoms with E-state index in [9.17, 15) is 0 Å². The monoisotopic (exact) mass is 146 g/mol. The minimum absolute atomic E-state index is 0.400. The molecule has 0 N–H and O–H groups in total. The van der Waals surface area contributed by atoms with Gasteiger partial charge in [-0.1, -0.05) is 0 Å². The lowest BCUT2D eigenvalue weighted by Crippen LogP contribution is -2.04. The highest BCUT2D eigenvalue weighted by molar-refractivity contribution is 4.48. The predicted octanol–water partition coefficient (Wildman–Crippen LogP) is 1.84. The van der Waals surface area contributed by atoms with Crippen LogP contribution in [0.1, 0.15) is 26.2 Å². The van der Waals surface area contributed by atoms with E-state index in [-0.39, 0.29) is 0 Å². The first-order valence-electron chi connectivity index (χ1n) is 3.83. The third-order valence-corrected chi connectivity index (χ3v) is 1.61. The molecular formula is C8H18O2. The molecule has 0 amide bonds. The van der Waals surface area contributed by atoms with Crippen molar-refractivity contribution in [1.82, 2.24) is 0 Å². The van der Waals surface area contributed by atoms with Crippen LogP contribution in [-0.4, -0.2) is 26.9 Å². The molecule has 0 aromatic heterocycles. The first-order valence-corrected chi connectivity index (χ1v) is 3.83. The number of hydrogen-bond donors (Lipinski definition) is 0. The van der Waals surface area contributed by atoms with Gasteiger partial charge in [-0.3, -0.25) is 0 Å². The van der Waals surface area contributed by atoms with Gasteiger partial charge in [0.2, 0.25) is 0 Å². The molecule has 0 aliphatic heterocycles. The minimum atomic E-state index is 0.400. The van der Waals surface area contributed by atoms with E-state index in [1.165, 1.54) is 6.42 Å². The van der Waals surface area contributed by atoms with Gasteiger partial charge in [0.15, 0.2) is 0 Å². The molecule has 10 heavy (non-hydrogen) atoms. The smallest absolute Gasteiger partial charge is 0.0543 e. The summed E-state index contributed by atoms with van der Waals surface area (Å²) in [6.07, 6.45) is 3.88. The fraction of sp³-hybridized carbons (Fsp3) is 1.00. The summed E-state index contributed by atoms with van der Waals surface area (Å²) in [7, 11) is 3.49. The molecule has 0 radical (unpaired) electrons. The standard InChI is InChI=1S/C8H18O2/c1-8(10-3)6-4-5-7-9-2/h8H,4-7H2,1-3H3. The van der Waals surface area contributed by atoms with Crippen LogP contribution < -0.4 is 0 Å². The molecule has 0 saturated carbocycles. The van der Waals surface area contributed by atoms with Crippen LogP contribution in [0.25, 0.3) is 0 Å². The summed E-state index contributed by atoms with van der Waals surface area (Å²) >= 11 is 0. The highest BCUT2D eigenvalue weighted by Crippen LogP contribution is 2.02. The fourth-order valence-electron chi connectivity index (χ4n) is 0.796. The predicted molar refractivity (Wildman–Crippen MR) is 42.2 cm³/mol. The van der Waals surface area contributed by atoms with Gasteiger partial charge in [-0.05, 0) is 26.2 Å². The van der Waals surface area contributed by atoms with Crippen LogP contribution in [0.15, 0.2) is 0 Å². The zero-order chi connectivity index (χ0) is 7.82. The Morgan fingerprint density at radius 1 is 1.20 bits per heavy atom. The van der Waals surface area contributed by atoms with E-state index in [1.807, 2.05) is 0 Å². The maximum absolute atomic E-state index is 5.09. The van der Waals surface area contributed by atoms with Gasteiger partial charge in [0.25, 0.3) is 0 Å². The van der Waals surface area contributed by atoms with E-state index >= 15 is 0 Å². The van der Waals surface area contributed by atoms with E-state index in [4.69, 9.17) is 9.47 Å². The lowest BCUT2D eigenvalue weighted by atomic mass is 10.2. The van der Waals surface area contributed by atoms with E-state index < -0.39 is 0 Å². The molecule has 1 atom stereocenters. The SMILES string of the molecule is COCCCCC(C)OC. The number of ether oxygens (including phenoxy) is 2. The lowest BCUT2D eigenvalue weighted by molar-refractivity contribution is 0.105. The van der Waals surface area contributed by atoms with E-state index in [1.54, 1.807) is 14.2 Å². The van der Waals surface area contributed by atoms with Crippen molar-refractivity contribution in [2.75, 3.05) is 20.8 Å². The highest BCUT2D eigenvalue weighted by atomic mass is 16.5. The Hall–Kier alpha value is -0.0800. The Kier molecular flexibility index (Phi) is 6.98. The number of rotatable bonds is 6. The van der Waals surface area contributed by atoms with Gasteiger partial charge in [0, 0.05) is 20.8 Å². The second kappa shape index (κ2) is 7.03. The topological polar surface area (TPSA) is 18.5 Å². The first-order chi connectivity index (χ1) is 4.81. The summed E-state index contributed by atoms with van der Waals surface area (Å²) in [4.78, 5) is 0. The van der Waals surface area contributed by atoms with Crippen LogP contribution in [0.4, 0.5) is 0 Å². The molecule has 62 valence electrons. The average molecular weight is 146 g/mol. The van der Waals surface area contributed by atoms with Crippen molar-refractivity contribution in [1.29, 1.82) is 0 Å². The van der Waals surface area contributed by atoms with Crippen LogP contribution in [0.3, 0.4) is 0 Å². The molecule has 0 aliphatic carbocycles. The van der Waals surface area contributed by atoms with Crippen LogP contribution >= 0.6 is 0 Å². The van der Waals surface area contributed by atoms with E-state index in [0.29, 0.717) is 6.10 Å². The van der Waals surface area contributed by atoms with E-state index in [0.717, 1.165) is 19.4 Å². The Morgan fingerprint density at radius 2 is 1.90 bits per heavy atom. The molecule has 1 unspecified atom stereocenters. The van der Waals surface area contributed by atoms with Gasteiger partial charge in [-0.2, -0.15) is 0 Å². The summed E-state index contributed by atoms with van der Waals surface area (Å²) in [5, 5.41) is 0. The number of hydrogen-bond acceptors (Lipinski definition) is 2. The van der Waals surface area contributed by atoms with Crippen molar-refractivity contribution >= 4 is 0 Å². The van der Waals surface area contributed by atoms with Crippen molar-refractivity contribution in [2.24, 2.45) is 0 Å². The van der Waals surface area contributed by atoms with Gasteiger partial charge >= 0.3 is 0 Å². The molecule has 0 aromatic rings. The Labute approximate surface area is 63.5 Å². The molecule has 0 aliphatic rings. The van der Waals surface area contributed by atoms with Crippen LogP contribution in [-0.2, 0) is 9.47 Å². The van der Waals surface area contributed by atoms with Crippen molar-refractivity contribution in [3.63, 3.8) is 0 Å². The highest BCUT2D eigenvalue weighted by Gasteiger charge is 1.97. The molecule has 0 fully saturated rings. The van der Waals surface area contributed by atoms with Gasteiger partial charge in [0.1, 0.15) is 0 Å². The molecule has 0 spiro atoms. The summed E-state index contributed by atoms with van der Waals surface area (Å²) in [6, 6.07) is 0. The van der Waals surface area contributed by atoms with Crippen molar-refractivity contribution in [2.45, 2.75) is 32.3 Å². The second-order valence-electron chi connectivity index (χ2n) is 2.53. The number of unbranched alkanes of at least 4 members (excludes halogenated alkanes) is 1. The van der Waals surface area contributed by atoms with Crippen LogP contribution in [0.2, 0.25) is 0 Å². The summed E-state index contributed by atoms with van der Waals surface area (Å²) in [6.45, 7) is 2.96. The molecule has 0 saturated heterocycles. The molecule has 2 heteroatoms. The minimum Gasteiger partial charge on any atom is -0.385 e. The Bertz CT molecular complexity index is 64.3. The number of methoxy groups -OCH3 is 2. The van der Waals surface area contributed by atoms with Crippen LogP contribution in [0, 0.1) is 0 Å². The van der Waals surface area contributed by atoms with Crippen molar-refractivity contribution in [3.05, 3.63) is 0 Å². The maximum Gasteiger partial charge on any atom is 0.0543 e. The van der Waals surface area contributed by atoms with E-state index in [2.05, 4.69) is 6.92 Å². The molecular weight excluding hydrogens is 128 g/mol. The quantitative estimate of drug-likeness (QED) is 0.532.